The number of amides is 1. The number of thioether (sulfide) groups is 1. The predicted molar refractivity (Wildman–Crippen MR) is 73.0 cm³/mol. The van der Waals surface area contributed by atoms with Crippen LogP contribution in [0.3, 0.4) is 0 Å². The molecule has 7 nitrogen and oxygen atoms in total. The molecular formula is C10H18N6OS. The fraction of sp³-hybridized carbons (Fsp3) is 0.600. The Bertz CT molecular complexity index is 396. The summed E-state index contributed by atoms with van der Waals surface area (Å²) in [6.07, 6.45) is 0. The van der Waals surface area contributed by atoms with Gasteiger partial charge in [0.15, 0.2) is 11.1 Å². The van der Waals surface area contributed by atoms with Crippen LogP contribution in [0.15, 0.2) is 4.99 Å². The van der Waals surface area contributed by atoms with Crippen LogP contribution in [0.4, 0.5) is 0 Å². The number of carbonyl (C=O) groups is 1. The summed E-state index contributed by atoms with van der Waals surface area (Å²) in [5, 5.41) is 18.9. The summed E-state index contributed by atoms with van der Waals surface area (Å²) in [6, 6.07) is 2.07. The van der Waals surface area contributed by atoms with Crippen LogP contribution in [0.5, 0.6) is 0 Å². The molecule has 1 atom stereocenters. The van der Waals surface area contributed by atoms with Crippen LogP contribution in [0, 0.1) is 22.7 Å². The molecular weight excluding hydrogens is 252 g/mol. The minimum atomic E-state index is -0.921. The van der Waals surface area contributed by atoms with Gasteiger partial charge in [0.2, 0.25) is 5.91 Å². The van der Waals surface area contributed by atoms with Crippen LogP contribution >= 0.6 is 11.8 Å². The van der Waals surface area contributed by atoms with E-state index in [9.17, 15) is 4.79 Å². The molecule has 0 rings (SSSR count). The summed E-state index contributed by atoms with van der Waals surface area (Å²) in [6.45, 7) is 5.35. The van der Waals surface area contributed by atoms with Crippen molar-refractivity contribution in [2.24, 2.45) is 22.4 Å². The van der Waals surface area contributed by atoms with E-state index in [-0.39, 0.29) is 28.7 Å². The van der Waals surface area contributed by atoms with Crippen LogP contribution in [-0.2, 0) is 4.79 Å². The fourth-order valence-corrected chi connectivity index (χ4v) is 1.42. The summed E-state index contributed by atoms with van der Waals surface area (Å²) in [5.74, 6) is -0.599. The first-order valence-corrected chi connectivity index (χ1v) is 6.23. The standard InChI is InChI=1S/C10H18N6OS/c1-6(2)10(3,5-11)16-7(17)4-18-9(14)15-8(12)13/h6H,4H2,1-3H3,(H,16,17)(H5,12,13,14,15). The summed E-state index contributed by atoms with van der Waals surface area (Å²) in [5.41, 5.74) is 9.26. The number of hydrogen-bond acceptors (Lipinski definition) is 4. The molecule has 0 aliphatic heterocycles. The minimum absolute atomic E-state index is 0.0143. The average Bonchev–Trinajstić information content (AvgIpc) is 2.25. The van der Waals surface area contributed by atoms with Crippen molar-refractivity contribution in [2.45, 2.75) is 26.3 Å². The fourth-order valence-electron chi connectivity index (χ4n) is 0.911. The third-order valence-electron chi connectivity index (χ3n) is 2.36. The number of nitrogens with zero attached hydrogens (tertiary/aromatic N) is 2. The second-order valence-corrected chi connectivity index (χ2v) is 5.11. The van der Waals surface area contributed by atoms with Gasteiger partial charge in [0, 0.05) is 0 Å². The molecule has 0 saturated carbocycles. The van der Waals surface area contributed by atoms with E-state index in [1.165, 1.54) is 0 Å². The van der Waals surface area contributed by atoms with E-state index >= 15 is 0 Å². The number of nitriles is 1. The molecule has 6 N–H and O–H groups in total. The van der Waals surface area contributed by atoms with Gasteiger partial charge in [-0.2, -0.15) is 10.3 Å². The molecule has 0 radical (unpaired) electrons. The maximum absolute atomic E-state index is 11.6. The molecule has 0 spiro atoms. The van der Waals surface area contributed by atoms with Crippen molar-refractivity contribution in [1.82, 2.24) is 5.32 Å². The Morgan fingerprint density at radius 2 is 2.17 bits per heavy atom. The highest BCUT2D eigenvalue weighted by atomic mass is 32.2. The van der Waals surface area contributed by atoms with Crippen LogP contribution in [0.25, 0.3) is 0 Å². The van der Waals surface area contributed by atoms with Crippen molar-refractivity contribution < 1.29 is 4.79 Å². The Balaban J connectivity index is 4.34. The summed E-state index contributed by atoms with van der Waals surface area (Å²) >= 11 is 0.890. The minimum Gasteiger partial charge on any atom is -0.370 e. The van der Waals surface area contributed by atoms with Gasteiger partial charge in [-0.15, -0.1) is 0 Å². The molecule has 0 saturated heterocycles. The zero-order chi connectivity index (χ0) is 14.3. The lowest BCUT2D eigenvalue weighted by atomic mass is 9.90. The number of nitrogens with two attached hydrogens (primary N) is 2. The second-order valence-electron chi connectivity index (χ2n) is 4.15. The number of aliphatic imine (C=N–C) groups is 1. The first-order valence-electron chi connectivity index (χ1n) is 5.24. The van der Waals surface area contributed by atoms with Gasteiger partial charge in [-0.25, -0.2) is 0 Å². The highest BCUT2D eigenvalue weighted by Gasteiger charge is 2.29. The van der Waals surface area contributed by atoms with Crippen LogP contribution < -0.4 is 16.8 Å². The van der Waals surface area contributed by atoms with E-state index in [0.29, 0.717) is 0 Å². The van der Waals surface area contributed by atoms with Crippen LogP contribution in [-0.4, -0.2) is 28.3 Å². The highest BCUT2D eigenvalue weighted by molar-refractivity contribution is 8.14. The lowest BCUT2D eigenvalue weighted by molar-refractivity contribution is -0.120. The molecule has 0 aliphatic rings. The zero-order valence-electron chi connectivity index (χ0n) is 10.7. The van der Waals surface area contributed by atoms with Crippen molar-refractivity contribution in [2.75, 3.05) is 5.75 Å². The monoisotopic (exact) mass is 270 g/mol. The van der Waals surface area contributed by atoms with E-state index in [1.807, 2.05) is 13.8 Å². The van der Waals surface area contributed by atoms with Gasteiger partial charge in [-0.05, 0) is 12.8 Å². The second kappa shape index (κ2) is 6.86. The van der Waals surface area contributed by atoms with Crippen LogP contribution in [0.1, 0.15) is 20.8 Å². The number of hydrogen-bond donors (Lipinski definition) is 4. The van der Waals surface area contributed by atoms with Gasteiger partial charge < -0.3 is 16.8 Å². The molecule has 100 valence electrons. The Morgan fingerprint density at radius 1 is 1.61 bits per heavy atom. The smallest absolute Gasteiger partial charge is 0.231 e. The van der Waals surface area contributed by atoms with Crippen molar-refractivity contribution in [3.63, 3.8) is 0 Å². The molecule has 0 heterocycles. The number of amidine groups is 1. The molecule has 18 heavy (non-hydrogen) atoms. The molecule has 0 aromatic heterocycles. The molecule has 8 heteroatoms. The lowest BCUT2D eigenvalue weighted by Gasteiger charge is -2.27. The van der Waals surface area contributed by atoms with Gasteiger partial charge in [-0.3, -0.25) is 10.2 Å². The molecule has 1 unspecified atom stereocenters. The largest absolute Gasteiger partial charge is 0.370 e. The lowest BCUT2D eigenvalue weighted by Crippen LogP contribution is -2.49. The molecule has 1 amide bonds. The summed E-state index contributed by atoms with van der Waals surface area (Å²) in [4.78, 5) is 15.1. The van der Waals surface area contributed by atoms with Gasteiger partial charge in [0.1, 0.15) is 5.54 Å². The van der Waals surface area contributed by atoms with E-state index in [4.69, 9.17) is 22.1 Å². The Labute approximate surface area is 111 Å². The quantitative estimate of drug-likeness (QED) is 0.419. The Morgan fingerprint density at radius 3 is 2.56 bits per heavy atom. The van der Waals surface area contributed by atoms with Crippen LogP contribution in [0.2, 0.25) is 0 Å². The van der Waals surface area contributed by atoms with Gasteiger partial charge in [0.25, 0.3) is 0 Å². The Kier molecular flexibility index (Phi) is 6.19. The third-order valence-corrected chi connectivity index (χ3v) is 3.13. The van der Waals surface area contributed by atoms with Crippen molar-refractivity contribution in [1.29, 1.82) is 10.7 Å². The number of nitrogens with one attached hydrogen (secondary N) is 2. The van der Waals surface area contributed by atoms with E-state index in [2.05, 4.69) is 16.4 Å². The zero-order valence-corrected chi connectivity index (χ0v) is 11.5. The molecule has 0 bridgehead atoms. The predicted octanol–water partition coefficient (Wildman–Crippen LogP) is -0.0177. The number of rotatable bonds is 4. The molecule has 0 aromatic carbocycles. The maximum atomic E-state index is 11.6. The molecule has 0 aromatic rings. The van der Waals surface area contributed by atoms with E-state index in [0.717, 1.165) is 11.8 Å². The third kappa shape index (κ3) is 5.54. The summed E-state index contributed by atoms with van der Waals surface area (Å²) in [7, 11) is 0. The highest BCUT2D eigenvalue weighted by Crippen LogP contribution is 2.15. The maximum Gasteiger partial charge on any atom is 0.231 e. The van der Waals surface area contributed by atoms with Crippen molar-refractivity contribution in [3.05, 3.63) is 0 Å². The van der Waals surface area contributed by atoms with Gasteiger partial charge >= 0.3 is 0 Å². The van der Waals surface area contributed by atoms with Gasteiger partial charge in [0.05, 0.1) is 11.8 Å². The molecule has 0 aliphatic carbocycles. The number of carbonyl (C=O) groups excluding carboxylic acids is 1. The topological polar surface area (TPSA) is 141 Å². The molecule has 0 fully saturated rings. The average molecular weight is 270 g/mol. The first-order chi connectivity index (χ1) is 8.21. The Hall–Kier alpha value is -1.75. The van der Waals surface area contributed by atoms with E-state index in [1.54, 1.807) is 6.92 Å². The van der Waals surface area contributed by atoms with Crippen molar-refractivity contribution in [3.8, 4) is 6.07 Å². The van der Waals surface area contributed by atoms with E-state index < -0.39 is 5.54 Å². The SMILES string of the molecule is CC(C)C(C)(C#N)NC(=O)CSC(=N)N=C(N)N. The first kappa shape index (κ1) is 16.2. The normalized spacial score (nSPS) is 13.3. The summed E-state index contributed by atoms with van der Waals surface area (Å²) < 4.78 is 0. The number of guanidine groups is 1. The van der Waals surface area contributed by atoms with Crippen molar-refractivity contribution >= 4 is 28.8 Å². The van der Waals surface area contributed by atoms with Gasteiger partial charge in [-0.1, -0.05) is 25.6 Å².